The lowest BCUT2D eigenvalue weighted by molar-refractivity contribution is 0.158. The van der Waals surface area contributed by atoms with Gasteiger partial charge in [-0.1, -0.05) is 42.1 Å². The van der Waals surface area contributed by atoms with E-state index in [2.05, 4.69) is 22.9 Å². The number of hydrogen-bond donors (Lipinski definition) is 1. The molecule has 0 aromatic heterocycles. The topological polar surface area (TPSA) is 29.5 Å². The minimum absolute atomic E-state index is 0.430. The van der Waals surface area contributed by atoms with Gasteiger partial charge in [-0.05, 0) is 31.5 Å². The summed E-state index contributed by atoms with van der Waals surface area (Å²) >= 11 is 3.43. The van der Waals surface area contributed by atoms with Crippen molar-refractivity contribution in [3.8, 4) is 5.75 Å². The van der Waals surface area contributed by atoms with Gasteiger partial charge in [-0.25, -0.2) is 0 Å². The van der Waals surface area contributed by atoms with Gasteiger partial charge in [-0.3, -0.25) is 0 Å². The van der Waals surface area contributed by atoms with E-state index in [9.17, 15) is 5.11 Å². The van der Waals surface area contributed by atoms with E-state index in [1.807, 2.05) is 25.1 Å². The summed E-state index contributed by atoms with van der Waals surface area (Å²) in [5.41, 5.74) is 0.886. The van der Waals surface area contributed by atoms with E-state index in [1.165, 1.54) is 6.42 Å². The maximum atomic E-state index is 10.2. The van der Waals surface area contributed by atoms with E-state index in [4.69, 9.17) is 4.74 Å². The Balaban J connectivity index is 2.74. The van der Waals surface area contributed by atoms with E-state index in [0.717, 1.165) is 35.0 Å². The molecule has 1 aromatic rings. The molecule has 0 saturated heterocycles. The van der Waals surface area contributed by atoms with Crippen LogP contribution in [0.15, 0.2) is 22.7 Å². The zero-order valence-corrected chi connectivity index (χ0v) is 12.2. The number of ether oxygens (including phenoxy) is 1. The Hall–Kier alpha value is -0.540. The van der Waals surface area contributed by atoms with Crippen LogP contribution in [0.5, 0.6) is 5.75 Å². The van der Waals surface area contributed by atoms with Crippen LogP contribution in [0.1, 0.15) is 51.2 Å². The van der Waals surface area contributed by atoms with Gasteiger partial charge in [-0.2, -0.15) is 0 Å². The zero-order chi connectivity index (χ0) is 12.7. The number of unbranched alkanes of at least 4 members (excludes halogenated alkanes) is 2. The molecule has 0 aliphatic carbocycles. The first-order valence-electron chi connectivity index (χ1n) is 6.29. The Bertz CT molecular complexity index is 339. The van der Waals surface area contributed by atoms with Crippen LogP contribution >= 0.6 is 15.9 Å². The maximum Gasteiger partial charge on any atom is 0.125 e. The van der Waals surface area contributed by atoms with Crippen molar-refractivity contribution in [2.24, 2.45) is 0 Å². The smallest absolute Gasteiger partial charge is 0.125 e. The molecule has 1 atom stereocenters. The number of halogens is 1. The van der Waals surface area contributed by atoms with Gasteiger partial charge in [0, 0.05) is 10.0 Å². The molecular formula is C14H21BrO2. The minimum atomic E-state index is -0.430. The van der Waals surface area contributed by atoms with Gasteiger partial charge >= 0.3 is 0 Å². The van der Waals surface area contributed by atoms with Gasteiger partial charge in [0.25, 0.3) is 0 Å². The standard InChI is InChI=1S/C14H21BrO2/c1-3-5-6-7-13(16)12-10-11(15)8-9-14(12)17-4-2/h8-10,13,16H,3-7H2,1-2H3. The molecule has 0 spiro atoms. The third-order valence-electron chi connectivity index (χ3n) is 2.71. The van der Waals surface area contributed by atoms with Gasteiger partial charge in [0.2, 0.25) is 0 Å². The lowest BCUT2D eigenvalue weighted by atomic mass is 10.0. The van der Waals surface area contributed by atoms with E-state index < -0.39 is 6.10 Å². The highest BCUT2D eigenvalue weighted by molar-refractivity contribution is 9.10. The first-order chi connectivity index (χ1) is 8.19. The molecule has 3 heteroatoms. The predicted molar refractivity (Wildman–Crippen MR) is 74.4 cm³/mol. The van der Waals surface area contributed by atoms with Gasteiger partial charge in [0.05, 0.1) is 12.7 Å². The van der Waals surface area contributed by atoms with Crippen LogP contribution in [0.25, 0.3) is 0 Å². The van der Waals surface area contributed by atoms with Gasteiger partial charge < -0.3 is 9.84 Å². The molecule has 0 bridgehead atoms. The molecule has 0 aliphatic rings. The molecule has 2 nitrogen and oxygen atoms in total. The highest BCUT2D eigenvalue weighted by Crippen LogP contribution is 2.31. The van der Waals surface area contributed by atoms with E-state index in [0.29, 0.717) is 6.61 Å². The molecule has 1 unspecified atom stereocenters. The molecule has 0 aliphatic heterocycles. The van der Waals surface area contributed by atoms with Crippen LogP contribution in [-0.2, 0) is 0 Å². The fourth-order valence-electron chi connectivity index (χ4n) is 1.81. The van der Waals surface area contributed by atoms with Crippen molar-refractivity contribution in [2.45, 2.75) is 45.6 Å². The van der Waals surface area contributed by atoms with E-state index in [1.54, 1.807) is 0 Å². The molecule has 96 valence electrons. The van der Waals surface area contributed by atoms with Crippen molar-refractivity contribution in [3.63, 3.8) is 0 Å². The third-order valence-corrected chi connectivity index (χ3v) is 3.21. The Kier molecular flexibility index (Phi) is 6.60. The van der Waals surface area contributed by atoms with Crippen molar-refractivity contribution >= 4 is 15.9 Å². The molecule has 0 saturated carbocycles. The Labute approximate surface area is 112 Å². The van der Waals surface area contributed by atoms with Crippen molar-refractivity contribution in [1.82, 2.24) is 0 Å². The van der Waals surface area contributed by atoms with Gasteiger partial charge in [0.1, 0.15) is 5.75 Å². The molecule has 0 radical (unpaired) electrons. The molecule has 0 fully saturated rings. The lowest BCUT2D eigenvalue weighted by Crippen LogP contribution is -2.03. The van der Waals surface area contributed by atoms with E-state index in [-0.39, 0.29) is 0 Å². The van der Waals surface area contributed by atoms with Gasteiger partial charge in [0.15, 0.2) is 0 Å². The quantitative estimate of drug-likeness (QED) is 0.753. The van der Waals surface area contributed by atoms with Crippen molar-refractivity contribution in [1.29, 1.82) is 0 Å². The minimum Gasteiger partial charge on any atom is -0.493 e. The number of hydrogen-bond acceptors (Lipinski definition) is 2. The molecule has 0 amide bonds. The van der Waals surface area contributed by atoms with Crippen molar-refractivity contribution in [3.05, 3.63) is 28.2 Å². The van der Waals surface area contributed by atoms with Crippen molar-refractivity contribution < 1.29 is 9.84 Å². The second-order valence-electron chi connectivity index (χ2n) is 4.13. The summed E-state index contributed by atoms with van der Waals surface area (Å²) in [6, 6.07) is 5.79. The molecule has 0 heterocycles. The first kappa shape index (κ1) is 14.5. The molecule has 1 N–H and O–H groups in total. The fraction of sp³-hybridized carbons (Fsp3) is 0.571. The summed E-state index contributed by atoms with van der Waals surface area (Å²) < 4.78 is 6.52. The maximum absolute atomic E-state index is 10.2. The summed E-state index contributed by atoms with van der Waals surface area (Å²) in [4.78, 5) is 0. The summed E-state index contributed by atoms with van der Waals surface area (Å²) in [6.07, 6.45) is 3.75. The Morgan fingerprint density at radius 1 is 1.29 bits per heavy atom. The number of aliphatic hydroxyl groups is 1. The van der Waals surface area contributed by atoms with Crippen LogP contribution in [0.4, 0.5) is 0 Å². The average molecular weight is 301 g/mol. The molecule has 17 heavy (non-hydrogen) atoms. The molecular weight excluding hydrogens is 280 g/mol. The summed E-state index contributed by atoms with van der Waals surface area (Å²) in [7, 11) is 0. The largest absolute Gasteiger partial charge is 0.493 e. The zero-order valence-electron chi connectivity index (χ0n) is 10.6. The fourth-order valence-corrected chi connectivity index (χ4v) is 2.19. The molecule has 1 rings (SSSR count). The number of aliphatic hydroxyl groups excluding tert-OH is 1. The second-order valence-corrected chi connectivity index (χ2v) is 5.04. The van der Waals surface area contributed by atoms with Crippen LogP contribution in [0.3, 0.4) is 0 Å². The summed E-state index contributed by atoms with van der Waals surface area (Å²) in [5.74, 6) is 0.791. The van der Waals surface area contributed by atoms with Crippen LogP contribution < -0.4 is 4.74 Å². The average Bonchev–Trinajstić information content (AvgIpc) is 2.32. The Morgan fingerprint density at radius 2 is 2.06 bits per heavy atom. The third kappa shape index (κ3) is 4.68. The first-order valence-corrected chi connectivity index (χ1v) is 7.08. The van der Waals surface area contributed by atoms with Crippen LogP contribution in [-0.4, -0.2) is 11.7 Å². The Morgan fingerprint density at radius 3 is 2.71 bits per heavy atom. The van der Waals surface area contributed by atoms with Gasteiger partial charge in [-0.15, -0.1) is 0 Å². The monoisotopic (exact) mass is 300 g/mol. The normalized spacial score (nSPS) is 12.5. The number of rotatable bonds is 7. The number of benzene rings is 1. The predicted octanol–water partition coefficient (Wildman–Crippen LogP) is 4.46. The summed E-state index contributed by atoms with van der Waals surface area (Å²) in [5, 5.41) is 10.2. The SMILES string of the molecule is CCCCCC(O)c1cc(Br)ccc1OCC. The second kappa shape index (κ2) is 7.72. The highest BCUT2D eigenvalue weighted by Gasteiger charge is 2.13. The van der Waals surface area contributed by atoms with Crippen LogP contribution in [0.2, 0.25) is 0 Å². The lowest BCUT2D eigenvalue weighted by Gasteiger charge is -2.16. The molecule has 1 aromatic carbocycles. The van der Waals surface area contributed by atoms with Crippen molar-refractivity contribution in [2.75, 3.05) is 6.61 Å². The van der Waals surface area contributed by atoms with Crippen LogP contribution in [0, 0.1) is 0 Å². The summed E-state index contributed by atoms with van der Waals surface area (Å²) in [6.45, 7) is 4.74. The highest BCUT2D eigenvalue weighted by atomic mass is 79.9. The van der Waals surface area contributed by atoms with E-state index >= 15 is 0 Å².